The lowest BCUT2D eigenvalue weighted by Crippen LogP contribution is -2.43. The summed E-state index contributed by atoms with van der Waals surface area (Å²) in [5, 5.41) is 6.72. The molecule has 1 aliphatic rings. The second kappa shape index (κ2) is 9.34. The number of hydrogen-bond acceptors (Lipinski definition) is 3. The Balaban J connectivity index is 1.59. The first-order chi connectivity index (χ1) is 10.4. The van der Waals surface area contributed by atoms with Gasteiger partial charge in [-0.25, -0.2) is 0 Å². The Labute approximate surface area is 127 Å². The smallest absolute Gasteiger partial charge is 0.191 e. The Hall–Kier alpha value is -1.62. The van der Waals surface area contributed by atoms with Crippen molar-refractivity contribution in [1.82, 2.24) is 20.5 Å². The van der Waals surface area contributed by atoms with E-state index in [1.807, 2.05) is 31.4 Å². The molecule has 0 spiro atoms. The summed E-state index contributed by atoms with van der Waals surface area (Å²) in [6.45, 7) is 5.38. The molecule has 2 heterocycles. The number of rotatable bonds is 6. The first kappa shape index (κ1) is 15.8. The van der Waals surface area contributed by atoms with Crippen LogP contribution in [0.3, 0.4) is 0 Å². The molecule has 0 unspecified atom stereocenters. The van der Waals surface area contributed by atoms with Gasteiger partial charge in [0, 0.05) is 45.0 Å². The fourth-order valence-electron chi connectivity index (χ4n) is 2.59. The lowest BCUT2D eigenvalue weighted by atomic mass is 10.1. The van der Waals surface area contributed by atoms with Crippen molar-refractivity contribution in [3.8, 4) is 0 Å². The molecule has 0 atom stereocenters. The molecule has 2 rings (SSSR count). The number of nitrogens with one attached hydrogen (secondary N) is 2. The monoisotopic (exact) mass is 289 g/mol. The molecular formula is C16H27N5. The number of aromatic nitrogens is 1. The zero-order valence-corrected chi connectivity index (χ0v) is 13.0. The molecule has 0 radical (unpaired) electrons. The van der Waals surface area contributed by atoms with Crippen LogP contribution in [0.4, 0.5) is 0 Å². The molecule has 1 aromatic rings. The van der Waals surface area contributed by atoms with Crippen molar-refractivity contribution in [3.05, 3.63) is 30.1 Å². The minimum atomic E-state index is 0.848. The fraction of sp³-hybridized carbons (Fsp3) is 0.625. The molecule has 0 aliphatic carbocycles. The van der Waals surface area contributed by atoms with E-state index in [9.17, 15) is 0 Å². The second-order valence-electron chi connectivity index (χ2n) is 5.40. The van der Waals surface area contributed by atoms with Crippen LogP contribution in [0.1, 0.15) is 25.0 Å². The van der Waals surface area contributed by atoms with Gasteiger partial charge in [-0.3, -0.25) is 9.98 Å². The fourth-order valence-corrected chi connectivity index (χ4v) is 2.59. The van der Waals surface area contributed by atoms with Gasteiger partial charge >= 0.3 is 0 Å². The summed E-state index contributed by atoms with van der Waals surface area (Å²) in [4.78, 5) is 11.1. The quantitative estimate of drug-likeness (QED) is 0.612. The van der Waals surface area contributed by atoms with E-state index in [1.54, 1.807) is 0 Å². The molecule has 1 saturated heterocycles. The van der Waals surface area contributed by atoms with Crippen LogP contribution in [0.25, 0.3) is 0 Å². The van der Waals surface area contributed by atoms with E-state index in [0.29, 0.717) is 0 Å². The SMILES string of the molecule is CN=C(NCCc1ccccn1)NCCN1CCCCC1. The highest BCUT2D eigenvalue weighted by Crippen LogP contribution is 2.07. The molecule has 0 saturated carbocycles. The average Bonchev–Trinajstić information content (AvgIpc) is 2.55. The van der Waals surface area contributed by atoms with Crippen LogP contribution in [0.2, 0.25) is 0 Å². The van der Waals surface area contributed by atoms with Crippen molar-refractivity contribution >= 4 is 5.96 Å². The van der Waals surface area contributed by atoms with Gasteiger partial charge in [0.2, 0.25) is 0 Å². The van der Waals surface area contributed by atoms with Gasteiger partial charge in [0.1, 0.15) is 0 Å². The van der Waals surface area contributed by atoms with Gasteiger partial charge in [-0.15, -0.1) is 0 Å². The molecule has 21 heavy (non-hydrogen) atoms. The van der Waals surface area contributed by atoms with E-state index in [1.165, 1.54) is 32.4 Å². The van der Waals surface area contributed by atoms with Crippen LogP contribution in [0.15, 0.2) is 29.4 Å². The molecule has 0 aromatic carbocycles. The van der Waals surface area contributed by atoms with Crippen molar-refractivity contribution in [2.75, 3.05) is 39.8 Å². The maximum Gasteiger partial charge on any atom is 0.191 e. The average molecular weight is 289 g/mol. The number of piperidine rings is 1. The Kier molecular flexibility index (Phi) is 7.01. The summed E-state index contributed by atoms with van der Waals surface area (Å²) in [7, 11) is 1.82. The lowest BCUT2D eigenvalue weighted by molar-refractivity contribution is 0.232. The van der Waals surface area contributed by atoms with Gasteiger partial charge in [-0.1, -0.05) is 12.5 Å². The molecule has 1 fully saturated rings. The van der Waals surface area contributed by atoms with Crippen LogP contribution in [-0.2, 0) is 6.42 Å². The van der Waals surface area contributed by atoms with Crippen molar-refractivity contribution in [1.29, 1.82) is 0 Å². The number of nitrogens with zero attached hydrogens (tertiary/aromatic N) is 3. The van der Waals surface area contributed by atoms with Crippen LogP contribution < -0.4 is 10.6 Å². The summed E-state index contributed by atoms with van der Waals surface area (Å²) in [5.74, 6) is 0.878. The molecule has 5 nitrogen and oxygen atoms in total. The number of aliphatic imine (C=N–C) groups is 1. The van der Waals surface area contributed by atoms with E-state index in [4.69, 9.17) is 0 Å². The molecule has 2 N–H and O–H groups in total. The van der Waals surface area contributed by atoms with Crippen molar-refractivity contribution in [3.63, 3.8) is 0 Å². The number of likely N-dealkylation sites (tertiary alicyclic amines) is 1. The van der Waals surface area contributed by atoms with Crippen LogP contribution >= 0.6 is 0 Å². The van der Waals surface area contributed by atoms with E-state index in [0.717, 1.165) is 37.7 Å². The summed E-state index contributed by atoms with van der Waals surface area (Å²) in [6.07, 6.45) is 6.82. The molecule has 116 valence electrons. The van der Waals surface area contributed by atoms with E-state index < -0.39 is 0 Å². The van der Waals surface area contributed by atoms with Gasteiger partial charge in [0.15, 0.2) is 5.96 Å². The highest BCUT2D eigenvalue weighted by Gasteiger charge is 2.09. The van der Waals surface area contributed by atoms with Crippen molar-refractivity contribution < 1.29 is 0 Å². The highest BCUT2D eigenvalue weighted by molar-refractivity contribution is 5.79. The minimum absolute atomic E-state index is 0.848. The number of pyridine rings is 1. The summed E-state index contributed by atoms with van der Waals surface area (Å²) in [5.41, 5.74) is 1.11. The zero-order chi connectivity index (χ0) is 14.8. The van der Waals surface area contributed by atoms with Crippen LogP contribution in [0, 0.1) is 0 Å². The van der Waals surface area contributed by atoms with Gasteiger partial charge in [0.05, 0.1) is 0 Å². The first-order valence-electron chi connectivity index (χ1n) is 7.95. The topological polar surface area (TPSA) is 52.6 Å². The summed E-state index contributed by atoms with van der Waals surface area (Å²) >= 11 is 0. The predicted octanol–water partition coefficient (Wildman–Crippen LogP) is 1.27. The first-order valence-corrected chi connectivity index (χ1v) is 7.95. The van der Waals surface area contributed by atoms with Crippen molar-refractivity contribution in [2.24, 2.45) is 4.99 Å². The van der Waals surface area contributed by atoms with E-state index in [2.05, 4.69) is 25.5 Å². The molecule has 0 amide bonds. The Morgan fingerprint density at radius 2 is 2.00 bits per heavy atom. The van der Waals surface area contributed by atoms with Gasteiger partial charge in [-0.2, -0.15) is 0 Å². The third-order valence-corrected chi connectivity index (χ3v) is 3.79. The molecule has 1 aromatic heterocycles. The van der Waals surface area contributed by atoms with Gasteiger partial charge in [0.25, 0.3) is 0 Å². The maximum atomic E-state index is 4.32. The van der Waals surface area contributed by atoms with Gasteiger partial charge < -0.3 is 15.5 Å². The number of hydrogen-bond donors (Lipinski definition) is 2. The molecule has 1 aliphatic heterocycles. The molecular weight excluding hydrogens is 262 g/mol. The minimum Gasteiger partial charge on any atom is -0.356 e. The second-order valence-corrected chi connectivity index (χ2v) is 5.40. The maximum absolute atomic E-state index is 4.32. The van der Waals surface area contributed by atoms with Crippen molar-refractivity contribution in [2.45, 2.75) is 25.7 Å². The van der Waals surface area contributed by atoms with E-state index >= 15 is 0 Å². The Morgan fingerprint density at radius 1 is 1.19 bits per heavy atom. The zero-order valence-electron chi connectivity index (χ0n) is 13.0. The Bertz CT molecular complexity index is 412. The number of guanidine groups is 1. The normalized spacial score (nSPS) is 16.7. The predicted molar refractivity (Wildman–Crippen MR) is 87.6 cm³/mol. The lowest BCUT2D eigenvalue weighted by Gasteiger charge is -2.26. The third-order valence-electron chi connectivity index (χ3n) is 3.79. The largest absolute Gasteiger partial charge is 0.356 e. The molecule has 0 bridgehead atoms. The summed E-state index contributed by atoms with van der Waals surface area (Å²) < 4.78 is 0. The third kappa shape index (κ3) is 6.12. The van der Waals surface area contributed by atoms with Gasteiger partial charge in [-0.05, 0) is 38.1 Å². The van der Waals surface area contributed by atoms with Crippen LogP contribution in [0.5, 0.6) is 0 Å². The molecule has 5 heteroatoms. The Morgan fingerprint density at radius 3 is 2.71 bits per heavy atom. The van der Waals surface area contributed by atoms with E-state index in [-0.39, 0.29) is 0 Å². The standard InChI is InChI=1S/C16H27N5/c1-17-16(19-10-8-15-7-3-4-9-18-15)20-11-14-21-12-5-2-6-13-21/h3-4,7,9H,2,5-6,8,10-14H2,1H3,(H2,17,19,20). The van der Waals surface area contributed by atoms with Crippen LogP contribution in [-0.4, -0.2) is 55.6 Å². The highest BCUT2D eigenvalue weighted by atomic mass is 15.2. The summed E-state index contributed by atoms with van der Waals surface area (Å²) in [6, 6.07) is 6.01.